The van der Waals surface area contributed by atoms with Crippen LogP contribution in [-0.2, 0) is 28.1 Å². The smallest absolute Gasteiger partial charge is 0.268 e. The number of aromatic nitrogens is 4. The van der Waals surface area contributed by atoms with Crippen LogP contribution in [-0.4, -0.2) is 14.2 Å². The standard InChI is InChI=1S/C23H17N4O.Pt/c1-24-13-14-25(16-24)18-7-6-8-19(15-18)26-17-27(21-10-3-2-9-20(21)26)22-11-4-5-12-23(22)28;/h2-14,28H,1H3;/q-1;. The average Bonchev–Trinajstić information content (AvgIpc) is 3.33. The van der Waals surface area contributed by atoms with E-state index in [-0.39, 0.29) is 26.8 Å². The largest absolute Gasteiger partial charge is 0.511 e. The molecule has 0 radical (unpaired) electrons. The molecule has 0 fully saturated rings. The minimum absolute atomic E-state index is 0. The molecule has 0 aliphatic rings. The van der Waals surface area contributed by atoms with E-state index in [2.05, 4.69) is 18.7 Å². The van der Waals surface area contributed by atoms with E-state index in [0.29, 0.717) is 5.69 Å². The third kappa shape index (κ3) is 3.38. The predicted octanol–water partition coefficient (Wildman–Crippen LogP) is 2.63. The van der Waals surface area contributed by atoms with Gasteiger partial charge in [0.05, 0.1) is 18.1 Å². The van der Waals surface area contributed by atoms with Crippen molar-refractivity contribution in [2.75, 3.05) is 0 Å². The minimum atomic E-state index is 0. The molecule has 1 N–H and O–H groups in total. The van der Waals surface area contributed by atoms with E-state index in [1.807, 2.05) is 98.4 Å². The van der Waals surface area contributed by atoms with Gasteiger partial charge in [0, 0.05) is 33.5 Å². The monoisotopic (exact) mass is 560 g/mol. The van der Waals surface area contributed by atoms with Crippen molar-refractivity contribution in [2.24, 2.45) is 7.05 Å². The fourth-order valence-corrected chi connectivity index (χ4v) is 3.32. The van der Waals surface area contributed by atoms with Gasteiger partial charge < -0.3 is 18.8 Å². The number of fused-ring (bicyclic) bond motifs is 1. The van der Waals surface area contributed by atoms with E-state index in [0.717, 1.165) is 22.4 Å². The van der Waals surface area contributed by atoms with Crippen LogP contribution in [0.1, 0.15) is 0 Å². The fraction of sp³-hybridized carbons (Fsp3) is 0.0435. The van der Waals surface area contributed by atoms with Crippen LogP contribution in [0.25, 0.3) is 28.1 Å². The Hall–Kier alpha value is -3.17. The third-order valence-electron chi connectivity index (χ3n) is 4.66. The van der Waals surface area contributed by atoms with E-state index in [4.69, 9.17) is 0 Å². The van der Waals surface area contributed by atoms with Crippen LogP contribution in [0.15, 0.2) is 79.1 Å². The molecule has 0 saturated carbocycles. The summed E-state index contributed by atoms with van der Waals surface area (Å²) in [6.07, 6.45) is 10.4. The van der Waals surface area contributed by atoms with Crippen molar-refractivity contribution in [1.82, 2.24) is 9.13 Å². The molecule has 2 heterocycles. The van der Waals surface area contributed by atoms with Crippen LogP contribution in [0, 0.1) is 18.7 Å². The molecule has 0 atom stereocenters. The van der Waals surface area contributed by atoms with Crippen molar-refractivity contribution < 1.29 is 35.3 Å². The maximum absolute atomic E-state index is 10.3. The number of aromatic hydroxyl groups is 1. The first-order chi connectivity index (χ1) is 13.7. The SMILES string of the molecule is C[n+]1[c-]n(-c2[c-]c(-n3[c-][n+](-c4ccccc4O)c4ccccc43)ccc2)cc1.[Pt]. The third-order valence-corrected chi connectivity index (χ3v) is 4.66. The number of imidazole rings is 2. The number of benzene rings is 3. The molecule has 0 amide bonds. The molecule has 5 aromatic rings. The van der Waals surface area contributed by atoms with Gasteiger partial charge in [-0.3, -0.25) is 4.57 Å². The summed E-state index contributed by atoms with van der Waals surface area (Å²) in [5, 5.41) is 10.3. The molecule has 0 aliphatic heterocycles. The molecule has 3 aromatic carbocycles. The average molecular weight is 560 g/mol. The quantitative estimate of drug-likeness (QED) is 0.268. The number of rotatable bonds is 3. The summed E-state index contributed by atoms with van der Waals surface area (Å²) in [6.45, 7) is 0. The Bertz CT molecular complexity index is 1310. The first-order valence-corrected chi connectivity index (χ1v) is 8.93. The Morgan fingerprint density at radius 2 is 1.62 bits per heavy atom. The number of para-hydroxylation sites is 4. The van der Waals surface area contributed by atoms with Gasteiger partial charge in [-0.2, -0.15) is 24.3 Å². The van der Waals surface area contributed by atoms with Gasteiger partial charge in [-0.05, 0) is 12.1 Å². The maximum atomic E-state index is 10.3. The molecule has 0 aliphatic carbocycles. The second-order valence-electron chi connectivity index (χ2n) is 6.55. The first kappa shape index (κ1) is 19.2. The molecule has 5 rings (SSSR count). The van der Waals surface area contributed by atoms with E-state index >= 15 is 0 Å². The van der Waals surface area contributed by atoms with Crippen LogP contribution in [0.4, 0.5) is 0 Å². The van der Waals surface area contributed by atoms with Crippen molar-refractivity contribution in [3.8, 4) is 22.8 Å². The molecule has 0 saturated heterocycles. The first-order valence-electron chi connectivity index (χ1n) is 8.93. The number of phenols is 1. The Balaban J connectivity index is 0.00000205. The van der Waals surface area contributed by atoms with Gasteiger partial charge >= 0.3 is 0 Å². The molecule has 0 unspecified atom stereocenters. The van der Waals surface area contributed by atoms with Crippen molar-refractivity contribution in [3.05, 3.63) is 97.8 Å². The zero-order valence-electron chi connectivity index (χ0n) is 15.6. The number of aryl methyl sites for hydroxylation is 1. The normalized spacial score (nSPS) is 10.8. The Kier molecular flexibility index (Phi) is 5.08. The Morgan fingerprint density at radius 1 is 0.862 bits per heavy atom. The molecule has 146 valence electrons. The minimum Gasteiger partial charge on any atom is -0.511 e. The molecule has 0 spiro atoms. The van der Waals surface area contributed by atoms with Crippen molar-refractivity contribution in [1.29, 1.82) is 0 Å². The van der Waals surface area contributed by atoms with E-state index < -0.39 is 0 Å². The number of phenolic OH excluding ortho intramolecular Hbond substituents is 1. The summed E-state index contributed by atoms with van der Waals surface area (Å²) in [6, 6.07) is 24.7. The van der Waals surface area contributed by atoms with Gasteiger partial charge in [-0.1, -0.05) is 47.8 Å². The molecule has 2 aromatic heterocycles. The summed E-state index contributed by atoms with van der Waals surface area (Å²) < 4.78 is 7.58. The van der Waals surface area contributed by atoms with Gasteiger partial charge in [-0.15, -0.1) is 0 Å². The fourth-order valence-electron chi connectivity index (χ4n) is 3.32. The number of hydrogen-bond donors (Lipinski definition) is 1. The van der Waals surface area contributed by atoms with Gasteiger partial charge in [0.15, 0.2) is 0 Å². The number of hydrogen-bond acceptors (Lipinski definition) is 1. The molecule has 0 bridgehead atoms. The van der Waals surface area contributed by atoms with Crippen molar-refractivity contribution in [3.63, 3.8) is 0 Å². The molecular formula is C23H17N4OPt-. The van der Waals surface area contributed by atoms with Crippen molar-refractivity contribution in [2.45, 2.75) is 0 Å². The summed E-state index contributed by atoms with van der Waals surface area (Å²) in [5.74, 6) is 0.207. The Labute approximate surface area is 183 Å². The van der Waals surface area contributed by atoms with E-state index in [1.54, 1.807) is 6.07 Å². The van der Waals surface area contributed by atoms with Crippen molar-refractivity contribution >= 4 is 11.0 Å². The Morgan fingerprint density at radius 3 is 2.41 bits per heavy atom. The molecular weight excluding hydrogens is 543 g/mol. The summed E-state index contributed by atoms with van der Waals surface area (Å²) in [4.78, 5) is 0. The van der Waals surface area contributed by atoms with Gasteiger partial charge in [-0.25, -0.2) is 0 Å². The maximum Gasteiger partial charge on any atom is 0.268 e. The molecule has 6 heteroatoms. The molecule has 29 heavy (non-hydrogen) atoms. The van der Waals surface area contributed by atoms with E-state index in [9.17, 15) is 5.11 Å². The van der Waals surface area contributed by atoms with Crippen LogP contribution >= 0.6 is 0 Å². The van der Waals surface area contributed by atoms with Gasteiger partial charge in [0.1, 0.15) is 11.4 Å². The summed E-state index contributed by atoms with van der Waals surface area (Å²) >= 11 is 0. The van der Waals surface area contributed by atoms with Gasteiger partial charge in [0.25, 0.3) is 6.33 Å². The number of nitrogens with zero attached hydrogens (tertiary/aromatic N) is 4. The predicted molar refractivity (Wildman–Crippen MR) is 103 cm³/mol. The van der Waals surface area contributed by atoms with Crippen LogP contribution in [0.3, 0.4) is 0 Å². The molecule has 5 nitrogen and oxygen atoms in total. The zero-order chi connectivity index (χ0) is 19.1. The zero-order valence-corrected chi connectivity index (χ0v) is 17.8. The van der Waals surface area contributed by atoms with Gasteiger partial charge in [0.2, 0.25) is 6.33 Å². The second-order valence-corrected chi connectivity index (χ2v) is 6.55. The summed E-state index contributed by atoms with van der Waals surface area (Å²) in [7, 11) is 1.93. The summed E-state index contributed by atoms with van der Waals surface area (Å²) in [5.41, 5.74) is 4.34. The van der Waals surface area contributed by atoms with E-state index in [1.165, 1.54) is 0 Å². The van der Waals surface area contributed by atoms with Crippen LogP contribution in [0.2, 0.25) is 0 Å². The van der Waals surface area contributed by atoms with Crippen LogP contribution < -0.4 is 9.13 Å². The van der Waals surface area contributed by atoms with Crippen LogP contribution in [0.5, 0.6) is 5.75 Å². The second kappa shape index (κ2) is 7.69. The topological polar surface area (TPSA) is 37.8 Å².